The fourth-order valence-corrected chi connectivity index (χ4v) is 7.40. The van der Waals surface area contributed by atoms with Crippen molar-refractivity contribution in [1.29, 1.82) is 0 Å². The van der Waals surface area contributed by atoms with Gasteiger partial charge in [-0.1, -0.05) is 24.3 Å². The first-order valence-corrected chi connectivity index (χ1v) is 15.7. The van der Waals surface area contributed by atoms with Gasteiger partial charge >= 0.3 is 0 Å². The third-order valence-electron chi connectivity index (χ3n) is 9.48. The number of allylic oxidation sites excluding steroid dienone is 2. The molecule has 0 aromatic heterocycles. The molecule has 4 atom stereocenters. The largest absolute Gasteiger partial charge is 0.504 e. The molecule has 0 saturated heterocycles. The van der Waals surface area contributed by atoms with Crippen LogP contribution in [-0.2, 0) is 0 Å². The highest BCUT2D eigenvalue weighted by molar-refractivity contribution is 5.82. The second-order valence-electron chi connectivity index (χ2n) is 12.0. The molecule has 2 aliphatic heterocycles. The molecule has 0 spiro atoms. The molecule has 0 saturated carbocycles. The minimum atomic E-state index is -0.473. The topological polar surface area (TPSA) is 95.8 Å². The normalized spacial score (nSPS) is 20.4. The Labute approximate surface area is 274 Å². The predicted molar refractivity (Wildman–Crippen MR) is 181 cm³/mol. The van der Waals surface area contributed by atoms with Crippen LogP contribution in [0.25, 0.3) is 23.3 Å². The molecule has 242 valence electrons. The summed E-state index contributed by atoms with van der Waals surface area (Å²) in [7, 11) is 6.32. The second kappa shape index (κ2) is 11.8. The predicted octanol–water partition coefficient (Wildman–Crippen LogP) is 8.70. The molecule has 4 aromatic rings. The number of fused-ring (bicyclic) bond motifs is 13. The Kier molecular flexibility index (Phi) is 7.66. The van der Waals surface area contributed by atoms with Crippen LogP contribution in [0.3, 0.4) is 0 Å². The van der Waals surface area contributed by atoms with Crippen LogP contribution in [0.2, 0.25) is 0 Å². The van der Waals surface area contributed by atoms with Crippen molar-refractivity contribution < 1.29 is 38.6 Å². The maximum absolute atomic E-state index is 11.5. The number of hydrogen-bond donors (Lipinski definition) is 2. The van der Waals surface area contributed by atoms with Crippen molar-refractivity contribution in [2.45, 2.75) is 44.3 Å². The molecular weight excluding hydrogens is 596 g/mol. The molecule has 7 rings (SSSR count). The molecular formula is C39H38O8. The van der Waals surface area contributed by atoms with Crippen LogP contribution >= 0.6 is 0 Å². The second-order valence-corrected chi connectivity index (χ2v) is 12.0. The lowest BCUT2D eigenvalue weighted by Crippen LogP contribution is -2.17. The molecule has 0 fully saturated rings. The Hall–Kier alpha value is -5.24. The Morgan fingerprint density at radius 3 is 1.34 bits per heavy atom. The van der Waals surface area contributed by atoms with E-state index in [2.05, 4.69) is 12.1 Å². The van der Waals surface area contributed by atoms with Gasteiger partial charge < -0.3 is 38.6 Å². The molecule has 2 N–H and O–H groups in total. The van der Waals surface area contributed by atoms with Gasteiger partial charge in [-0.15, -0.1) is 0 Å². The van der Waals surface area contributed by atoms with E-state index in [9.17, 15) is 10.2 Å². The number of rotatable bonds is 6. The lowest BCUT2D eigenvalue weighted by molar-refractivity contribution is 0.165. The highest BCUT2D eigenvalue weighted by atomic mass is 16.5. The van der Waals surface area contributed by atoms with Gasteiger partial charge in [-0.2, -0.15) is 0 Å². The van der Waals surface area contributed by atoms with Gasteiger partial charge in [-0.3, -0.25) is 0 Å². The van der Waals surface area contributed by atoms with Crippen LogP contribution in [0.15, 0.2) is 60.7 Å². The van der Waals surface area contributed by atoms with Crippen molar-refractivity contribution in [1.82, 2.24) is 0 Å². The summed E-state index contributed by atoms with van der Waals surface area (Å²) in [5, 5.41) is 22.9. The molecule has 0 amide bonds. The zero-order chi connectivity index (χ0) is 33.0. The smallest absolute Gasteiger partial charge is 0.165 e. The highest BCUT2D eigenvalue weighted by Gasteiger charge is 2.46. The SMILES string of the molecule is C/C=C\c1cc(OC)c2c(c1)C1CC3c4cc(/C=C/C)cc(OC)c4OC3c3cc(OC)c(O)c(c3)-c3cc(cc(OC)c3O)C1O2. The Morgan fingerprint density at radius 2 is 0.979 bits per heavy atom. The quantitative estimate of drug-likeness (QED) is 0.218. The zero-order valence-electron chi connectivity index (χ0n) is 27.3. The van der Waals surface area contributed by atoms with Crippen LogP contribution in [0.5, 0.6) is 46.0 Å². The average Bonchev–Trinajstić information content (AvgIpc) is 3.63. The lowest BCUT2D eigenvalue weighted by atomic mass is 9.78. The first-order valence-electron chi connectivity index (χ1n) is 15.7. The van der Waals surface area contributed by atoms with Gasteiger partial charge in [0.15, 0.2) is 46.0 Å². The third-order valence-corrected chi connectivity index (χ3v) is 9.48. The van der Waals surface area contributed by atoms with Crippen molar-refractivity contribution >= 4 is 12.2 Å². The number of phenols is 2. The van der Waals surface area contributed by atoms with Gasteiger partial charge in [0.05, 0.1) is 28.4 Å². The molecule has 2 heterocycles. The fourth-order valence-electron chi connectivity index (χ4n) is 7.40. The standard InChI is InChI=1S/C39H38O8/c1-7-9-20-11-26-28-19-29-27-12-21(10-8-2)14-33(45-6)39(27)47-37(29)23-16-25(35(41)31(18-23)43-4)24-15-22(17-30(42-3)34(24)40)36(28)46-38(26)32(13-20)44-5/h7-18,28-29,36-37,40-41H,19H2,1-6H3/b9-7-,10-8+. The van der Waals surface area contributed by atoms with E-state index in [1.165, 1.54) is 14.2 Å². The van der Waals surface area contributed by atoms with Crippen molar-refractivity contribution in [2.75, 3.05) is 28.4 Å². The number of phenolic OH excluding ortho intramolecular Hbond substituents is 2. The number of ether oxygens (including phenoxy) is 6. The molecule has 8 heteroatoms. The minimum absolute atomic E-state index is 0.102. The van der Waals surface area contributed by atoms with Gasteiger partial charge in [0.2, 0.25) is 0 Å². The van der Waals surface area contributed by atoms with E-state index < -0.39 is 12.2 Å². The number of hydrogen-bond acceptors (Lipinski definition) is 8. The maximum atomic E-state index is 11.5. The summed E-state index contributed by atoms with van der Waals surface area (Å²) in [5.74, 6) is 2.67. The van der Waals surface area contributed by atoms with Crippen molar-refractivity contribution in [3.05, 3.63) is 94.1 Å². The van der Waals surface area contributed by atoms with E-state index in [1.807, 2.05) is 74.5 Å². The van der Waals surface area contributed by atoms with E-state index in [0.717, 1.165) is 33.4 Å². The summed E-state index contributed by atoms with van der Waals surface area (Å²) < 4.78 is 36.8. The number of aromatic hydroxyl groups is 2. The Morgan fingerprint density at radius 1 is 0.574 bits per heavy atom. The van der Waals surface area contributed by atoms with E-state index in [4.69, 9.17) is 28.4 Å². The summed E-state index contributed by atoms with van der Waals surface area (Å²) in [4.78, 5) is 0. The molecule has 4 unspecified atom stereocenters. The van der Waals surface area contributed by atoms with Crippen molar-refractivity contribution in [2.24, 2.45) is 0 Å². The van der Waals surface area contributed by atoms with Gasteiger partial charge in [0.1, 0.15) is 12.2 Å². The van der Waals surface area contributed by atoms with E-state index in [-0.39, 0.29) is 34.8 Å². The van der Waals surface area contributed by atoms with Gasteiger partial charge in [0, 0.05) is 34.1 Å². The van der Waals surface area contributed by atoms with Crippen LogP contribution in [0.4, 0.5) is 0 Å². The molecule has 4 aromatic carbocycles. The molecule has 1 aliphatic carbocycles. The van der Waals surface area contributed by atoms with Gasteiger partial charge in [0.25, 0.3) is 0 Å². The first kappa shape index (κ1) is 30.4. The lowest BCUT2D eigenvalue weighted by Gasteiger charge is -2.26. The van der Waals surface area contributed by atoms with Crippen molar-refractivity contribution in [3.8, 4) is 57.1 Å². The average molecular weight is 635 g/mol. The molecule has 0 radical (unpaired) electrons. The molecule has 8 nitrogen and oxygen atoms in total. The van der Waals surface area contributed by atoms with Crippen LogP contribution in [-0.4, -0.2) is 38.7 Å². The summed E-state index contributed by atoms with van der Waals surface area (Å²) >= 11 is 0. The minimum Gasteiger partial charge on any atom is -0.504 e. The maximum Gasteiger partial charge on any atom is 0.165 e. The monoisotopic (exact) mass is 634 g/mol. The summed E-state index contributed by atoms with van der Waals surface area (Å²) in [6.45, 7) is 3.97. The molecule has 3 aliphatic rings. The Balaban J connectivity index is 1.55. The van der Waals surface area contributed by atoms with E-state index in [1.54, 1.807) is 14.2 Å². The molecule has 47 heavy (non-hydrogen) atoms. The van der Waals surface area contributed by atoms with Gasteiger partial charge in [-0.25, -0.2) is 0 Å². The third kappa shape index (κ3) is 4.82. The van der Waals surface area contributed by atoms with E-state index >= 15 is 0 Å². The fraction of sp³-hybridized carbons (Fsp3) is 0.282. The summed E-state index contributed by atoms with van der Waals surface area (Å²) in [6, 6.07) is 15.6. The number of benzene rings is 4. The van der Waals surface area contributed by atoms with Crippen LogP contribution in [0.1, 0.15) is 77.7 Å². The van der Waals surface area contributed by atoms with Crippen LogP contribution in [0, 0.1) is 0 Å². The summed E-state index contributed by atoms with van der Waals surface area (Å²) in [6.07, 6.45) is 7.79. The van der Waals surface area contributed by atoms with E-state index in [0.29, 0.717) is 40.5 Å². The Bertz CT molecular complexity index is 1800. The highest BCUT2D eigenvalue weighted by Crippen LogP contribution is 2.61. The number of methoxy groups -OCH3 is 4. The van der Waals surface area contributed by atoms with Gasteiger partial charge in [-0.05, 0) is 91.1 Å². The first-order chi connectivity index (χ1) is 22.8. The molecule has 4 bridgehead atoms. The van der Waals surface area contributed by atoms with Crippen molar-refractivity contribution in [3.63, 3.8) is 0 Å². The van der Waals surface area contributed by atoms with Crippen LogP contribution < -0.4 is 28.4 Å². The summed E-state index contributed by atoms with van der Waals surface area (Å²) in [5.41, 5.74) is 6.39. The zero-order valence-corrected chi connectivity index (χ0v) is 27.3.